The highest BCUT2D eigenvalue weighted by molar-refractivity contribution is 7.98. The van der Waals surface area contributed by atoms with E-state index in [4.69, 9.17) is 11.6 Å². The number of benzene rings is 1. The van der Waals surface area contributed by atoms with Gasteiger partial charge in [-0.05, 0) is 36.4 Å². The molecule has 0 aliphatic carbocycles. The van der Waals surface area contributed by atoms with Crippen LogP contribution in [0.2, 0.25) is 5.15 Å². The number of aromatic nitrogens is 5. The Labute approximate surface area is 197 Å². The monoisotopic (exact) mass is 495 g/mol. The summed E-state index contributed by atoms with van der Waals surface area (Å²) in [5, 5.41) is 9.32. The molecule has 0 amide bonds. The first-order valence-corrected chi connectivity index (χ1v) is 11.6. The first-order valence-electron chi connectivity index (χ1n) is 10.0. The summed E-state index contributed by atoms with van der Waals surface area (Å²) < 4.78 is 44.1. The molecule has 0 saturated carbocycles. The molecular weight excluding hydrogens is 475 g/mol. The average molecular weight is 496 g/mol. The summed E-state index contributed by atoms with van der Waals surface area (Å²) in [7, 11) is 0. The molecule has 0 bridgehead atoms. The summed E-state index contributed by atoms with van der Waals surface area (Å²) in [6.07, 6.45) is 4.54. The van der Waals surface area contributed by atoms with Crippen molar-refractivity contribution in [3.05, 3.63) is 69.6 Å². The van der Waals surface area contributed by atoms with Crippen LogP contribution in [0, 0.1) is 24.4 Å². The van der Waals surface area contributed by atoms with Crippen LogP contribution in [-0.4, -0.2) is 35.7 Å². The van der Waals surface area contributed by atoms with Crippen molar-refractivity contribution in [2.75, 3.05) is 6.26 Å². The van der Waals surface area contributed by atoms with Crippen LogP contribution in [-0.2, 0) is 13.0 Å². The molecule has 0 fully saturated rings. The fourth-order valence-corrected chi connectivity index (χ4v) is 3.78. The molecule has 0 aliphatic heterocycles. The standard InChI is InChI=1S/C20H15ClF3N5OS.C2H6/c1-9-3-13(23)10(4-12(9)22)5-14-19-25-6-11(8-30)29(19)7-15(26-14)18-27-17(21)16(24)20(28-18)31-2;1-2/h3-4,6-7,30H,5,8H2,1-2H3;1-2H3. The van der Waals surface area contributed by atoms with Gasteiger partial charge in [-0.2, -0.15) is 0 Å². The summed E-state index contributed by atoms with van der Waals surface area (Å²) in [6, 6.07) is 2.23. The molecule has 0 saturated heterocycles. The van der Waals surface area contributed by atoms with Crippen LogP contribution in [0.3, 0.4) is 0 Å². The Balaban J connectivity index is 0.00000149. The van der Waals surface area contributed by atoms with Crippen LogP contribution in [0.25, 0.3) is 17.2 Å². The molecule has 6 nitrogen and oxygen atoms in total. The van der Waals surface area contributed by atoms with Crippen LogP contribution >= 0.6 is 23.4 Å². The Morgan fingerprint density at radius 1 is 1.09 bits per heavy atom. The Morgan fingerprint density at radius 2 is 1.82 bits per heavy atom. The summed E-state index contributed by atoms with van der Waals surface area (Å²) >= 11 is 6.96. The molecule has 11 heteroatoms. The number of thioether (sulfide) groups is 1. The van der Waals surface area contributed by atoms with E-state index in [1.165, 1.54) is 19.3 Å². The number of halogens is 4. The van der Waals surface area contributed by atoms with Gasteiger partial charge in [-0.1, -0.05) is 25.4 Å². The number of fused-ring (bicyclic) bond motifs is 1. The second-order valence-electron chi connectivity index (χ2n) is 6.70. The lowest BCUT2D eigenvalue weighted by Gasteiger charge is -2.11. The lowest BCUT2D eigenvalue weighted by molar-refractivity contribution is 0.276. The van der Waals surface area contributed by atoms with E-state index in [2.05, 4.69) is 19.9 Å². The summed E-state index contributed by atoms with van der Waals surface area (Å²) in [4.78, 5) is 16.9. The molecule has 33 heavy (non-hydrogen) atoms. The Hall–Kier alpha value is -2.69. The van der Waals surface area contributed by atoms with Gasteiger partial charge in [0.05, 0.1) is 24.2 Å². The van der Waals surface area contributed by atoms with E-state index in [1.807, 2.05) is 13.8 Å². The fourth-order valence-electron chi connectivity index (χ4n) is 3.10. The third kappa shape index (κ3) is 4.97. The van der Waals surface area contributed by atoms with Gasteiger partial charge in [0, 0.05) is 12.6 Å². The van der Waals surface area contributed by atoms with Crippen molar-refractivity contribution in [3.8, 4) is 11.5 Å². The van der Waals surface area contributed by atoms with Gasteiger partial charge >= 0.3 is 0 Å². The van der Waals surface area contributed by atoms with Gasteiger partial charge in [-0.3, -0.25) is 4.40 Å². The molecule has 1 N–H and O–H groups in total. The number of aliphatic hydroxyl groups is 1. The number of nitrogens with zero attached hydrogens (tertiary/aromatic N) is 5. The van der Waals surface area contributed by atoms with Gasteiger partial charge in [-0.25, -0.2) is 33.1 Å². The van der Waals surface area contributed by atoms with E-state index in [9.17, 15) is 18.3 Å². The molecule has 0 unspecified atom stereocenters. The van der Waals surface area contributed by atoms with E-state index in [-0.39, 0.29) is 45.9 Å². The normalized spacial score (nSPS) is 10.9. The maximum atomic E-state index is 14.5. The van der Waals surface area contributed by atoms with Crippen molar-refractivity contribution >= 4 is 29.0 Å². The topological polar surface area (TPSA) is 76.2 Å². The third-order valence-corrected chi connectivity index (χ3v) is 5.60. The lowest BCUT2D eigenvalue weighted by atomic mass is 10.1. The molecule has 0 spiro atoms. The minimum absolute atomic E-state index is 0.0399. The van der Waals surface area contributed by atoms with Gasteiger partial charge in [-0.15, -0.1) is 11.8 Å². The van der Waals surface area contributed by atoms with Crippen LogP contribution in [0.15, 0.2) is 29.6 Å². The third-order valence-electron chi connectivity index (χ3n) is 4.69. The number of aliphatic hydroxyl groups excluding tert-OH is 1. The maximum Gasteiger partial charge on any atom is 0.192 e. The van der Waals surface area contributed by atoms with E-state index in [0.717, 1.165) is 23.9 Å². The molecule has 4 aromatic rings. The molecule has 174 valence electrons. The van der Waals surface area contributed by atoms with Gasteiger partial charge in [0.15, 0.2) is 22.4 Å². The SMILES string of the molecule is CC.CSc1nc(-c2cn3c(CO)cnc3c(Cc3cc(F)c(C)cc3F)n2)nc(Cl)c1F. The van der Waals surface area contributed by atoms with Gasteiger partial charge < -0.3 is 5.11 Å². The van der Waals surface area contributed by atoms with Crippen LogP contribution in [0.5, 0.6) is 0 Å². The minimum atomic E-state index is -0.741. The Bertz CT molecular complexity index is 1320. The fraction of sp³-hybridized carbons (Fsp3) is 0.273. The van der Waals surface area contributed by atoms with Crippen molar-refractivity contribution in [1.29, 1.82) is 0 Å². The highest BCUT2D eigenvalue weighted by atomic mass is 35.5. The highest BCUT2D eigenvalue weighted by Crippen LogP contribution is 2.27. The molecule has 0 radical (unpaired) electrons. The largest absolute Gasteiger partial charge is 0.390 e. The zero-order valence-electron chi connectivity index (χ0n) is 18.3. The smallest absolute Gasteiger partial charge is 0.192 e. The van der Waals surface area contributed by atoms with E-state index >= 15 is 0 Å². The van der Waals surface area contributed by atoms with Crippen LogP contribution in [0.1, 0.15) is 36.4 Å². The second kappa shape index (κ2) is 10.5. The number of hydrogen-bond donors (Lipinski definition) is 1. The number of hydrogen-bond acceptors (Lipinski definition) is 6. The minimum Gasteiger partial charge on any atom is -0.390 e. The van der Waals surface area contributed by atoms with Crippen molar-refractivity contribution < 1.29 is 18.3 Å². The van der Waals surface area contributed by atoms with Gasteiger partial charge in [0.1, 0.15) is 22.4 Å². The van der Waals surface area contributed by atoms with Gasteiger partial charge in [0.2, 0.25) is 0 Å². The first kappa shape index (κ1) is 24.9. The lowest BCUT2D eigenvalue weighted by Crippen LogP contribution is -2.06. The summed E-state index contributed by atoms with van der Waals surface area (Å²) in [5.74, 6) is -1.81. The molecule has 4 rings (SSSR count). The molecule has 1 aromatic carbocycles. The van der Waals surface area contributed by atoms with Crippen LogP contribution in [0.4, 0.5) is 13.2 Å². The number of rotatable bonds is 5. The number of aryl methyl sites for hydroxylation is 1. The first-order chi connectivity index (χ1) is 15.8. The van der Waals surface area contributed by atoms with Crippen molar-refractivity contribution in [1.82, 2.24) is 24.3 Å². The molecular formula is C22H21ClF3N5OS. The van der Waals surface area contributed by atoms with Crippen LogP contribution < -0.4 is 0 Å². The predicted octanol–water partition coefficient (Wildman–Crippen LogP) is 5.40. The van der Waals surface area contributed by atoms with Crippen molar-refractivity contribution in [2.45, 2.75) is 38.8 Å². The second-order valence-corrected chi connectivity index (χ2v) is 7.86. The predicted molar refractivity (Wildman–Crippen MR) is 122 cm³/mol. The summed E-state index contributed by atoms with van der Waals surface area (Å²) in [5.41, 5.74) is 1.58. The zero-order valence-corrected chi connectivity index (χ0v) is 19.9. The molecule has 0 aliphatic rings. The van der Waals surface area contributed by atoms with E-state index in [0.29, 0.717) is 17.0 Å². The zero-order chi connectivity index (χ0) is 24.3. The molecule has 0 atom stereocenters. The quantitative estimate of drug-likeness (QED) is 0.295. The van der Waals surface area contributed by atoms with Crippen molar-refractivity contribution in [3.63, 3.8) is 0 Å². The van der Waals surface area contributed by atoms with Crippen molar-refractivity contribution in [2.24, 2.45) is 0 Å². The van der Waals surface area contributed by atoms with Gasteiger partial charge in [0.25, 0.3) is 0 Å². The maximum absolute atomic E-state index is 14.5. The van der Waals surface area contributed by atoms with E-state index < -0.39 is 17.5 Å². The van der Waals surface area contributed by atoms with E-state index in [1.54, 1.807) is 10.7 Å². The molecule has 3 aromatic heterocycles. The summed E-state index contributed by atoms with van der Waals surface area (Å²) in [6.45, 7) is 5.15. The molecule has 3 heterocycles. The highest BCUT2D eigenvalue weighted by Gasteiger charge is 2.19. The Morgan fingerprint density at radius 3 is 2.48 bits per heavy atom. The number of imidazole rings is 1. The average Bonchev–Trinajstić information content (AvgIpc) is 3.23. The Kier molecular flexibility index (Phi) is 7.93.